The number of rotatable bonds is 20. The first-order chi connectivity index (χ1) is 65.4. The Morgan fingerprint density at radius 3 is 1.01 bits per heavy atom. The molecule has 20 rings (SSSR count). The van der Waals surface area contributed by atoms with Crippen molar-refractivity contribution < 1.29 is 69.9 Å². The molecule has 0 aromatic rings. The minimum absolute atomic E-state index is 0.0226. The fraction of sp³-hybridized carbons (Fsp3) is 0.944. The Morgan fingerprint density at radius 2 is 0.568 bits per heavy atom. The number of carbonyl (C=O) groups is 5. The molecule has 0 spiro atoms. The van der Waals surface area contributed by atoms with Crippen LogP contribution in [0, 0.1) is 226 Å². The lowest BCUT2D eigenvalue weighted by atomic mass is 9.43. The van der Waals surface area contributed by atoms with Gasteiger partial charge in [0.05, 0.1) is 54.9 Å². The van der Waals surface area contributed by atoms with Gasteiger partial charge >= 0.3 is 0 Å². The Labute approximate surface area is 845 Å². The minimum Gasteiger partial charge on any atom is -0.393 e. The van der Waals surface area contributed by atoms with Crippen molar-refractivity contribution in [2.75, 3.05) is 0 Å². The van der Waals surface area contributed by atoms with Crippen molar-refractivity contribution >= 4 is 28.9 Å². The van der Waals surface area contributed by atoms with Gasteiger partial charge in [0.2, 0.25) is 0 Å². The second-order valence-corrected chi connectivity index (χ2v) is 57.7. The summed E-state index contributed by atoms with van der Waals surface area (Å²) in [5.41, 5.74) is 4.34. The highest BCUT2D eigenvalue weighted by Crippen LogP contribution is 2.76. The maximum absolute atomic E-state index is 11.5. The van der Waals surface area contributed by atoms with Crippen molar-refractivity contribution in [3.63, 3.8) is 0 Å². The third kappa shape index (κ3) is 20.2. The summed E-state index contributed by atoms with van der Waals surface area (Å²) in [6.45, 7) is 45.2. The third-order valence-electron chi connectivity index (χ3n) is 51.4. The molecule has 0 amide bonds. The van der Waals surface area contributed by atoms with E-state index in [1.54, 1.807) is 40.2 Å². The van der Waals surface area contributed by atoms with Crippen molar-refractivity contribution in [2.45, 2.75) is 514 Å². The molecule has 20 aliphatic rings. The van der Waals surface area contributed by atoms with Crippen molar-refractivity contribution in [2.24, 2.45) is 226 Å². The minimum atomic E-state index is -0.337. The van der Waals surface area contributed by atoms with Crippen LogP contribution >= 0.6 is 0 Å². The highest BCUT2D eigenvalue weighted by atomic mass is 16.3. The summed E-state index contributed by atoms with van der Waals surface area (Å²) in [7, 11) is 0. The zero-order valence-electron chi connectivity index (χ0n) is 91.9. The lowest BCUT2D eigenvalue weighted by Crippen LogP contribution is -2.62. The van der Waals surface area contributed by atoms with E-state index < -0.39 is 0 Å². The van der Waals surface area contributed by atoms with Crippen molar-refractivity contribution in [1.29, 1.82) is 0 Å². The molecule has 48 atom stereocenters. The maximum Gasteiger partial charge on any atom is 0.129 e. The van der Waals surface area contributed by atoms with Gasteiger partial charge in [-0.25, -0.2) is 0 Å². The Kier molecular flexibility index (Phi) is 33.5. The number of aliphatic hydroxyl groups excluding tert-OH is 9. The number of carbonyl (C=O) groups excluding carboxylic acids is 5. The molecule has 19 unspecified atom stereocenters. The van der Waals surface area contributed by atoms with Gasteiger partial charge in [-0.3, -0.25) is 0 Å². The fourth-order valence-corrected chi connectivity index (χ4v) is 43.5. The summed E-state index contributed by atoms with van der Waals surface area (Å²) >= 11 is 0. The molecule has 19 saturated carbocycles. The molecule has 9 N–H and O–H groups in total. The van der Waals surface area contributed by atoms with Gasteiger partial charge in [0, 0.05) is 32.1 Å². The summed E-state index contributed by atoms with van der Waals surface area (Å²) in [4.78, 5) is 57.5. The quantitative estimate of drug-likeness (QED) is 0.0513. The van der Waals surface area contributed by atoms with Crippen LogP contribution < -0.4 is 0 Å². The summed E-state index contributed by atoms with van der Waals surface area (Å²) in [6.07, 6.45) is 55.5. The monoisotopic (exact) mass is 1930 g/mol. The number of aliphatic hydroxyl groups is 9. The average Bonchev–Trinajstić information content (AvgIpc) is 1.60. The van der Waals surface area contributed by atoms with Crippen LogP contribution in [-0.2, 0) is 24.0 Å². The Hall–Kier alpha value is -2.27. The fourth-order valence-electron chi connectivity index (χ4n) is 43.5. The number of fused-ring (bicyclic) bond motifs is 25. The molecule has 14 nitrogen and oxygen atoms in total. The standard InChI is InChI=1S/C25H42O4.2C25H42O3.C25H42O2.C25H40O2/c1-14(5-6-15(2)26)18-7-8-19-23-20(13-22(29)25(18,19)4)24(3)10-9-17(27)11-16(24)12-21(23)28;1-15(5-6-16(2)26)19-7-8-20-23-21(10-12-25(19,20)4)24(3)11-9-18(27)13-17(24)14-22(23)28;1-15(5-6-16(2)26)20-9-10-21-19-8-7-17-13-18(27)11-12-24(17,3)22(19)14-23(28)25(20,21)4;2*1-16(5-6-17(2)26)21-9-10-22-20-8-7-18-15-19(27)11-13-24(18,3)23(20)12-14-25(21,22)4/h14,16-23,27-29H,5-13H2,1-4H3;2*15,17-23,27-28H,5-14H2,1-4H3;16,18-23,27H,5-15H2,1-4H3;7,16,19-23,27H,5-6,8-15H2,1-4H3/t14-,16?,17-,18-,19?,20?,21-,22+,23?,24+,25-;15-,17?,18-,19-,20?,21?,22-,23?,24+,25-;15-,17?,18-,19?,20-,21?,22?,23+,24+,25-;16-,18?,19-,20?,21-,22?,23?,24+,25-;16-,19-,20?,21-,22?,23?,24+,25-/m11111/s1. The average molecular weight is 1940 g/mol. The van der Waals surface area contributed by atoms with Gasteiger partial charge in [-0.05, 0) is 549 Å². The SMILES string of the molecule is CC(=O)CC[C@@H](C)[C@H]1CCC2C3C(CC[C@@]21C)[C@@]1(C)CC[C@@H](O)CC1C[C@H]3O.CC(=O)CC[C@@H](C)[C@H]1CCC2C3C(C[C@H](O)[C@@]21C)[C@@]1(C)CC[C@@H](O)CC1C[C@H]3O.CC(=O)CC[C@@H](C)[C@H]1CCC2C3CC=C4C[C@H](O)CC[C@]4(C)C3CC[C@@]21C.CC(=O)CC[C@@H](C)[C@H]1CCC2C3CCC4C[C@H](O)CC[C@]4(C)C3CC[C@@]21C.CC(=O)CC[C@@H](C)[C@H]1CCC2C3CCC4C[C@H](O)CC[C@]4(C)C3C[C@H](O)[C@@]21C. The van der Waals surface area contributed by atoms with Crippen LogP contribution in [0.2, 0.25) is 0 Å². The van der Waals surface area contributed by atoms with Gasteiger partial charge in [0.15, 0.2) is 0 Å². The molecule has 139 heavy (non-hydrogen) atoms. The summed E-state index contributed by atoms with van der Waals surface area (Å²) in [5.74, 6) is 20.0. The predicted octanol–water partition coefficient (Wildman–Crippen LogP) is 25.9. The Bertz CT molecular complexity index is 4240. The van der Waals surface area contributed by atoms with Gasteiger partial charge in [-0.15, -0.1) is 0 Å². The molecule has 20 aliphatic carbocycles. The predicted molar refractivity (Wildman–Crippen MR) is 557 cm³/mol. The molecule has 0 saturated heterocycles. The second kappa shape index (κ2) is 42.5. The molecular weight excluding hydrogens is 1730 g/mol. The number of hydrogen-bond acceptors (Lipinski definition) is 14. The van der Waals surface area contributed by atoms with Crippen LogP contribution in [-0.4, -0.2) is 130 Å². The zero-order valence-corrected chi connectivity index (χ0v) is 91.9. The zero-order chi connectivity index (χ0) is 100. The van der Waals surface area contributed by atoms with Gasteiger partial charge < -0.3 is 69.9 Å². The number of Topliss-reactive ketones (excluding diaryl/α,β-unsaturated/α-hetero) is 5. The van der Waals surface area contributed by atoms with Crippen molar-refractivity contribution in [3.05, 3.63) is 11.6 Å². The lowest BCUT2D eigenvalue weighted by Gasteiger charge is -2.63. The topological polar surface area (TPSA) is 267 Å². The molecule has 14 heteroatoms. The van der Waals surface area contributed by atoms with E-state index in [1.165, 1.54) is 135 Å². The molecule has 19 fully saturated rings. The molecule has 0 aromatic heterocycles. The largest absolute Gasteiger partial charge is 0.393 e. The summed E-state index contributed by atoms with van der Waals surface area (Å²) in [6, 6.07) is 0. The van der Waals surface area contributed by atoms with E-state index in [2.05, 4.69) is 110 Å². The Balaban J connectivity index is 0.000000125. The van der Waals surface area contributed by atoms with Gasteiger partial charge in [-0.1, -0.05) is 116 Å². The third-order valence-corrected chi connectivity index (χ3v) is 51.4. The van der Waals surface area contributed by atoms with E-state index >= 15 is 0 Å². The first-order valence-electron chi connectivity index (χ1n) is 59.7. The number of allylic oxidation sites excluding steroid dienone is 1. The number of hydrogen-bond donors (Lipinski definition) is 9. The maximum atomic E-state index is 11.5. The van der Waals surface area contributed by atoms with E-state index in [-0.39, 0.29) is 82.9 Å². The normalized spacial score (nSPS) is 50.9. The smallest absolute Gasteiger partial charge is 0.129 e. The molecule has 0 bridgehead atoms. The lowest BCUT2D eigenvalue weighted by molar-refractivity contribution is -0.207. The number of ketones is 5. The van der Waals surface area contributed by atoms with Crippen molar-refractivity contribution in [3.8, 4) is 0 Å². The second-order valence-electron chi connectivity index (χ2n) is 57.7. The van der Waals surface area contributed by atoms with Crippen LogP contribution in [0.5, 0.6) is 0 Å². The van der Waals surface area contributed by atoms with Crippen LogP contribution in [0.15, 0.2) is 11.6 Å². The van der Waals surface area contributed by atoms with Crippen LogP contribution in [0.1, 0.15) is 460 Å². The van der Waals surface area contributed by atoms with Crippen LogP contribution in [0.4, 0.5) is 0 Å². The first-order valence-corrected chi connectivity index (χ1v) is 59.7. The molecular formula is C125H208O14. The van der Waals surface area contributed by atoms with Crippen molar-refractivity contribution in [1.82, 2.24) is 0 Å². The van der Waals surface area contributed by atoms with Gasteiger partial charge in [0.1, 0.15) is 28.9 Å². The van der Waals surface area contributed by atoms with E-state index in [1.807, 2.05) is 0 Å². The summed E-state index contributed by atoms with van der Waals surface area (Å²) in [5, 5.41) is 96.6. The molecule has 0 aromatic carbocycles. The Morgan fingerprint density at radius 1 is 0.273 bits per heavy atom. The van der Waals surface area contributed by atoms with Crippen LogP contribution in [0.25, 0.3) is 0 Å². The van der Waals surface area contributed by atoms with E-state index in [0.29, 0.717) is 180 Å². The van der Waals surface area contributed by atoms with Gasteiger partial charge in [-0.2, -0.15) is 0 Å². The first kappa shape index (κ1) is 109. The highest BCUT2D eigenvalue weighted by molar-refractivity contribution is 5.76. The highest BCUT2D eigenvalue weighted by Gasteiger charge is 2.70. The van der Waals surface area contributed by atoms with E-state index in [4.69, 9.17) is 0 Å². The van der Waals surface area contributed by atoms with Crippen LogP contribution in [0.3, 0.4) is 0 Å². The molecule has 792 valence electrons. The van der Waals surface area contributed by atoms with E-state index in [0.717, 1.165) is 233 Å². The van der Waals surface area contributed by atoms with E-state index in [9.17, 15) is 69.9 Å². The molecule has 0 aliphatic heterocycles. The molecule has 0 radical (unpaired) electrons. The van der Waals surface area contributed by atoms with Gasteiger partial charge in [0.25, 0.3) is 0 Å². The summed E-state index contributed by atoms with van der Waals surface area (Å²) < 4.78 is 0. The molecule has 0 heterocycles.